The number of aromatic nitrogens is 3. The van der Waals surface area contributed by atoms with E-state index in [1.807, 2.05) is 12.1 Å². The average molecular weight is 204 g/mol. The first kappa shape index (κ1) is 8.67. The van der Waals surface area contributed by atoms with Crippen molar-refractivity contribution in [3.05, 3.63) is 23.7 Å². The fourth-order valence-corrected chi connectivity index (χ4v) is 1.94. The van der Waals surface area contributed by atoms with Crippen molar-refractivity contribution in [2.45, 2.75) is 25.9 Å². The van der Waals surface area contributed by atoms with Gasteiger partial charge in [0.15, 0.2) is 11.6 Å². The molecule has 15 heavy (non-hydrogen) atoms. The molecule has 0 spiro atoms. The molecular weight excluding hydrogens is 192 g/mol. The van der Waals surface area contributed by atoms with Crippen LogP contribution in [-0.2, 0) is 19.5 Å². The molecule has 3 rings (SSSR count). The topological polar surface area (TPSA) is 69.9 Å². The van der Waals surface area contributed by atoms with Crippen molar-refractivity contribution in [2.75, 3.05) is 0 Å². The van der Waals surface area contributed by atoms with Gasteiger partial charge in [-0.3, -0.25) is 0 Å². The van der Waals surface area contributed by atoms with Gasteiger partial charge in [0.2, 0.25) is 0 Å². The van der Waals surface area contributed by atoms with Gasteiger partial charge in [0.1, 0.15) is 11.6 Å². The molecule has 3 heterocycles. The van der Waals surface area contributed by atoms with E-state index in [-0.39, 0.29) is 0 Å². The maximum Gasteiger partial charge on any atom is 0.199 e. The Morgan fingerprint density at radius 3 is 3.13 bits per heavy atom. The molecule has 0 saturated heterocycles. The minimum absolute atomic E-state index is 0.418. The van der Waals surface area contributed by atoms with E-state index < -0.39 is 0 Å². The third kappa shape index (κ3) is 1.27. The van der Waals surface area contributed by atoms with Crippen LogP contribution in [0.4, 0.5) is 0 Å². The molecule has 0 bridgehead atoms. The van der Waals surface area contributed by atoms with E-state index in [4.69, 9.17) is 10.2 Å². The van der Waals surface area contributed by atoms with Gasteiger partial charge in [-0.2, -0.15) is 0 Å². The summed E-state index contributed by atoms with van der Waals surface area (Å²) in [4.78, 5) is 0. The molecule has 0 atom stereocenters. The van der Waals surface area contributed by atoms with Crippen LogP contribution in [0.25, 0.3) is 11.6 Å². The summed E-state index contributed by atoms with van der Waals surface area (Å²) in [6.07, 6.45) is 2.15. The van der Waals surface area contributed by atoms with Crippen LogP contribution in [0.1, 0.15) is 18.0 Å². The molecule has 0 saturated carbocycles. The summed E-state index contributed by atoms with van der Waals surface area (Å²) < 4.78 is 7.66. The molecule has 0 unspecified atom stereocenters. The number of nitrogens with zero attached hydrogens (tertiary/aromatic N) is 3. The Hall–Kier alpha value is -1.62. The van der Waals surface area contributed by atoms with E-state index in [0.29, 0.717) is 6.54 Å². The average Bonchev–Trinajstić information content (AvgIpc) is 2.92. The Balaban J connectivity index is 2.05. The van der Waals surface area contributed by atoms with Crippen molar-refractivity contribution in [1.82, 2.24) is 14.8 Å². The third-order valence-corrected chi connectivity index (χ3v) is 2.69. The number of fused-ring (bicyclic) bond motifs is 1. The van der Waals surface area contributed by atoms with Crippen molar-refractivity contribution >= 4 is 0 Å². The van der Waals surface area contributed by atoms with Crippen molar-refractivity contribution < 1.29 is 4.42 Å². The SMILES string of the molecule is NCc1ccc(-c2nnc3n2CCC3)o1. The summed E-state index contributed by atoms with van der Waals surface area (Å²) in [5, 5.41) is 8.26. The lowest BCUT2D eigenvalue weighted by Gasteiger charge is -1.98. The summed E-state index contributed by atoms with van der Waals surface area (Å²) in [7, 11) is 0. The Kier molecular flexibility index (Phi) is 1.85. The first-order valence-corrected chi connectivity index (χ1v) is 5.09. The van der Waals surface area contributed by atoms with E-state index in [1.54, 1.807) is 0 Å². The van der Waals surface area contributed by atoms with Crippen LogP contribution in [0.5, 0.6) is 0 Å². The Morgan fingerprint density at radius 2 is 2.33 bits per heavy atom. The van der Waals surface area contributed by atoms with Gasteiger partial charge >= 0.3 is 0 Å². The normalized spacial score (nSPS) is 14.5. The monoisotopic (exact) mass is 204 g/mol. The maximum absolute atomic E-state index is 5.55. The molecule has 5 heteroatoms. The molecule has 5 nitrogen and oxygen atoms in total. The predicted molar refractivity (Wildman–Crippen MR) is 53.9 cm³/mol. The number of aryl methyl sites for hydroxylation is 1. The van der Waals surface area contributed by atoms with Crippen LogP contribution in [0, 0.1) is 0 Å². The van der Waals surface area contributed by atoms with Crippen molar-refractivity contribution in [2.24, 2.45) is 5.73 Å². The highest BCUT2D eigenvalue weighted by Gasteiger charge is 2.20. The lowest BCUT2D eigenvalue weighted by molar-refractivity contribution is 0.517. The standard InChI is InChI=1S/C10H12N4O/c11-6-7-3-4-8(15-7)10-13-12-9-2-1-5-14(9)10/h3-4H,1-2,5-6,11H2. The van der Waals surface area contributed by atoms with Gasteiger partial charge < -0.3 is 14.7 Å². The second-order valence-corrected chi connectivity index (χ2v) is 3.67. The number of hydrogen-bond donors (Lipinski definition) is 1. The molecule has 0 fully saturated rings. The quantitative estimate of drug-likeness (QED) is 0.790. The molecule has 2 aromatic heterocycles. The summed E-state index contributed by atoms with van der Waals surface area (Å²) in [5.74, 6) is 3.41. The number of furan rings is 1. The largest absolute Gasteiger partial charge is 0.456 e. The van der Waals surface area contributed by atoms with Gasteiger partial charge in [0.25, 0.3) is 0 Å². The van der Waals surface area contributed by atoms with Crippen LogP contribution >= 0.6 is 0 Å². The molecule has 1 aliphatic heterocycles. The minimum Gasteiger partial charge on any atom is -0.456 e. The maximum atomic E-state index is 5.55. The molecule has 0 aromatic carbocycles. The molecule has 2 aromatic rings. The highest BCUT2D eigenvalue weighted by Crippen LogP contribution is 2.24. The summed E-state index contributed by atoms with van der Waals surface area (Å²) in [5.41, 5.74) is 5.49. The molecule has 2 N–H and O–H groups in total. The highest BCUT2D eigenvalue weighted by atomic mass is 16.3. The molecule has 78 valence electrons. The zero-order valence-electron chi connectivity index (χ0n) is 8.31. The number of rotatable bonds is 2. The lowest BCUT2D eigenvalue weighted by Crippen LogP contribution is -1.95. The van der Waals surface area contributed by atoms with Gasteiger partial charge in [-0.25, -0.2) is 0 Å². The summed E-state index contributed by atoms with van der Waals surface area (Å²) >= 11 is 0. The van der Waals surface area contributed by atoms with E-state index in [9.17, 15) is 0 Å². The van der Waals surface area contributed by atoms with Crippen LogP contribution < -0.4 is 5.73 Å². The highest BCUT2D eigenvalue weighted by molar-refractivity contribution is 5.48. The smallest absolute Gasteiger partial charge is 0.199 e. The Morgan fingerprint density at radius 1 is 1.40 bits per heavy atom. The van der Waals surface area contributed by atoms with E-state index >= 15 is 0 Å². The van der Waals surface area contributed by atoms with E-state index in [1.165, 1.54) is 0 Å². The molecular formula is C10H12N4O. The summed E-state index contributed by atoms with van der Waals surface area (Å²) in [6, 6.07) is 3.78. The van der Waals surface area contributed by atoms with Gasteiger partial charge in [0, 0.05) is 13.0 Å². The summed E-state index contributed by atoms with van der Waals surface area (Å²) in [6.45, 7) is 1.40. The number of nitrogens with two attached hydrogens (primary N) is 1. The van der Waals surface area contributed by atoms with Crippen molar-refractivity contribution in [1.29, 1.82) is 0 Å². The molecule has 0 aliphatic carbocycles. The Labute approximate surface area is 86.9 Å². The van der Waals surface area contributed by atoms with E-state index in [2.05, 4.69) is 14.8 Å². The van der Waals surface area contributed by atoms with Crippen molar-refractivity contribution in [3.63, 3.8) is 0 Å². The Bertz CT molecular complexity index is 485. The van der Waals surface area contributed by atoms with E-state index in [0.717, 1.165) is 42.6 Å². The van der Waals surface area contributed by atoms with Gasteiger partial charge in [-0.1, -0.05) is 0 Å². The van der Waals surface area contributed by atoms with Crippen LogP contribution in [0.15, 0.2) is 16.5 Å². The van der Waals surface area contributed by atoms with Gasteiger partial charge in [-0.05, 0) is 18.6 Å². The first-order chi connectivity index (χ1) is 7.38. The fraction of sp³-hybridized carbons (Fsp3) is 0.400. The lowest BCUT2D eigenvalue weighted by atomic mass is 10.4. The zero-order valence-corrected chi connectivity index (χ0v) is 8.31. The van der Waals surface area contributed by atoms with Crippen molar-refractivity contribution in [3.8, 4) is 11.6 Å². The third-order valence-electron chi connectivity index (χ3n) is 2.69. The number of hydrogen-bond acceptors (Lipinski definition) is 4. The second kappa shape index (κ2) is 3.20. The van der Waals surface area contributed by atoms with Crippen LogP contribution in [0.2, 0.25) is 0 Å². The molecule has 0 radical (unpaired) electrons. The molecule has 1 aliphatic rings. The molecule has 0 amide bonds. The van der Waals surface area contributed by atoms with Gasteiger partial charge in [0.05, 0.1) is 6.54 Å². The first-order valence-electron chi connectivity index (χ1n) is 5.09. The minimum atomic E-state index is 0.418. The zero-order chi connectivity index (χ0) is 10.3. The van der Waals surface area contributed by atoms with Crippen LogP contribution in [0.3, 0.4) is 0 Å². The second-order valence-electron chi connectivity index (χ2n) is 3.67. The van der Waals surface area contributed by atoms with Gasteiger partial charge in [-0.15, -0.1) is 10.2 Å². The predicted octanol–water partition coefficient (Wildman–Crippen LogP) is 0.943. The fourth-order valence-electron chi connectivity index (χ4n) is 1.94. The van der Waals surface area contributed by atoms with Crippen LogP contribution in [-0.4, -0.2) is 14.8 Å².